The number of ether oxygens (including phenoxy) is 1. The maximum atomic E-state index is 11.8. The van der Waals surface area contributed by atoms with Crippen LogP contribution >= 0.6 is 0 Å². The Bertz CT molecular complexity index is 843. The van der Waals surface area contributed by atoms with Gasteiger partial charge in [-0.1, -0.05) is 6.07 Å². The van der Waals surface area contributed by atoms with E-state index in [4.69, 9.17) is 4.74 Å². The minimum atomic E-state index is 0.177. The summed E-state index contributed by atoms with van der Waals surface area (Å²) in [5.41, 5.74) is 3.71. The molecule has 1 aromatic carbocycles. The van der Waals surface area contributed by atoms with Gasteiger partial charge in [-0.3, -0.25) is 9.69 Å². The number of amides is 1. The van der Waals surface area contributed by atoms with Crippen LogP contribution in [0.5, 0.6) is 11.6 Å². The Hall–Kier alpha value is -2.40. The van der Waals surface area contributed by atoms with Crippen molar-refractivity contribution in [3.05, 3.63) is 47.7 Å². The summed E-state index contributed by atoms with van der Waals surface area (Å²) in [6.07, 6.45) is 8.24. The number of likely N-dealkylation sites (tertiary alicyclic amines) is 1. The van der Waals surface area contributed by atoms with Gasteiger partial charge in [0.15, 0.2) is 0 Å². The molecular formula is C22H25N3O2. The van der Waals surface area contributed by atoms with Gasteiger partial charge in [-0.15, -0.1) is 0 Å². The fourth-order valence-corrected chi connectivity index (χ4v) is 4.63. The minimum Gasteiger partial charge on any atom is -0.439 e. The fourth-order valence-electron chi connectivity index (χ4n) is 4.63. The maximum absolute atomic E-state index is 11.8. The first kappa shape index (κ1) is 16.8. The molecular weight excluding hydrogens is 338 g/mol. The van der Waals surface area contributed by atoms with E-state index in [1.807, 2.05) is 18.2 Å². The highest BCUT2D eigenvalue weighted by molar-refractivity contribution is 5.95. The van der Waals surface area contributed by atoms with E-state index in [0.29, 0.717) is 18.3 Å². The number of carbonyl (C=O) groups is 1. The normalized spacial score (nSPS) is 22.4. The number of anilines is 1. The number of benzene rings is 1. The van der Waals surface area contributed by atoms with Crippen LogP contribution in [0.25, 0.3) is 0 Å². The largest absolute Gasteiger partial charge is 0.439 e. The number of carbonyl (C=O) groups excluding carboxylic acids is 1. The highest BCUT2D eigenvalue weighted by Gasteiger charge is 2.28. The third kappa shape index (κ3) is 3.32. The molecule has 3 heterocycles. The maximum Gasteiger partial charge on any atom is 0.227 e. The molecule has 1 unspecified atom stereocenters. The minimum absolute atomic E-state index is 0.177. The highest BCUT2D eigenvalue weighted by atomic mass is 16.5. The molecule has 5 heteroatoms. The van der Waals surface area contributed by atoms with E-state index >= 15 is 0 Å². The molecule has 1 atom stereocenters. The number of nitrogens with zero attached hydrogens (tertiary/aromatic N) is 3. The number of hydrogen-bond acceptors (Lipinski definition) is 4. The number of rotatable bonds is 4. The molecule has 0 spiro atoms. The van der Waals surface area contributed by atoms with E-state index in [1.54, 1.807) is 11.1 Å². The molecule has 2 saturated heterocycles. The molecule has 0 N–H and O–H groups in total. The summed E-state index contributed by atoms with van der Waals surface area (Å²) in [5.74, 6) is 1.59. The van der Waals surface area contributed by atoms with E-state index in [0.717, 1.165) is 37.2 Å². The van der Waals surface area contributed by atoms with Crippen molar-refractivity contribution >= 4 is 11.6 Å². The van der Waals surface area contributed by atoms with E-state index in [1.165, 1.54) is 37.1 Å². The summed E-state index contributed by atoms with van der Waals surface area (Å²) in [6, 6.07) is 10.9. The summed E-state index contributed by atoms with van der Waals surface area (Å²) < 4.78 is 5.98. The summed E-state index contributed by atoms with van der Waals surface area (Å²) in [7, 11) is 0. The topological polar surface area (TPSA) is 45.7 Å². The van der Waals surface area contributed by atoms with Gasteiger partial charge >= 0.3 is 0 Å². The molecule has 0 saturated carbocycles. The van der Waals surface area contributed by atoms with Gasteiger partial charge in [0.2, 0.25) is 11.8 Å². The van der Waals surface area contributed by atoms with Gasteiger partial charge in [0.25, 0.3) is 0 Å². The van der Waals surface area contributed by atoms with Crippen LogP contribution in [0.2, 0.25) is 0 Å². The van der Waals surface area contributed by atoms with Crippen LogP contribution in [0, 0.1) is 0 Å². The molecule has 2 aromatic rings. The number of aromatic nitrogens is 1. The molecule has 27 heavy (non-hydrogen) atoms. The Balaban J connectivity index is 1.27. The van der Waals surface area contributed by atoms with Gasteiger partial charge in [0.05, 0.1) is 11.9 Å². The van der Waals surface area contributed by atoms with Crippen molar-refractivity contribution in [2.75, 3.05) is 24.5 Å². The van der Waals surface area contributed by atoms with Crippen LogP contribution in [0.1, 0.15) is 36.8 Å². The molecule has 0 bridgehead atoms. The SMILES string of the molecule is O=C1CCCN1c1ccc(Oc2ccc3c(c2)CC(N2CCCC2)C3)nc1. The Kier molecular flexibility index (Phi) is 4.32. The van der Waals surface area contributed by atoms with Gasteiger partial charge in [-0.25, -0.2) is 4.98 Å². The Morgan fingerprint density at radius 3 is 2.56 bits per heavy atom. The number of pyridine rings is 1. The third-order valence-corrected chi connectivity index (χ3v) is 6.07. The molecule has 1 aromatic heterocycles. The summed E-state index contributed by atoms with van der Waals surface area (Å²) >= 11 is 0. The van der Waals surface area contributed by atoms with Crippen molar-refractivity contribution in [1.29, 1.82) is 0 Å². The molecule has 1 amide bonds. The quantitative estimate of drug-likeness (QED) is 0.833. The zero-order valence-electron chi connectivity index (χ0n) is 15.6. The summed E-state index contributed by atoms with van der Waals surface area (Å²) in [6.45, 7) is 3.28. The van der Waals surface area contributed by atoms with Crippen LogP contribution in [-0.4, -0.2) is 41.5 Å². The Morgan fingerprint density at radius 1 is 0.963 bits per heavy atom. The van der Waals surface area contributed by atoms with Crippen molar-refractivity contribution in [1.82, 2.24) is 9.88 Å². The van der Waals surface area contributed by atoms with Crippen molar-refractivity contribution in [2.45, 2.75) is 44.6 Å². The molecule has 3 aliphatic rings. The molecule has 0 radical (unpaired) electrons. The predicted molar refractivity (Wildman–Crippen MR) is 104 cm³/mol. The second kappa shape index (κ2) is 6.97. The van der Waals surface area contributed by atoms with Gasteiger partial charge in [0, 0.05) is 25.1 Å². The first-order valence-electron chi connectivity index (χ1n) is 10.1. The lowest BCUT2D eigenvalue weighted by atomic mass is 10.1. The van der Waals surface area contributed by atoms with Crippen LogP contribution in [-0.2, 0) is 17.6 Å². The predicted octanol–water partition coefficient (Wildman–Crippen LogP) is 3.56. The number of hydrogen-bond donors (Lipinski definition) is 0. The zero-order chi connectivity index (χ0) is 18.2. The lowest BCUT2D eigenvalue weighted by molar-refractivity contribution is -0.117. The summed E-state index contributed by atoms with van der Waals surface area (Å²) in [5, 5.41) is 0. The van der Waals surface area contributed by atoms with Crippen LogP contribution in [0.3, 0.4) is 0 Å². The monoisotopic (exact) mass is 363 g/mol. The molecule has 5 rings (SSSR count). The second-order valence-corrected chi connectivity index (χ2v) is 7.84. The smallest absolute Gasteiger partial charge is 0.227 e. The average Bonchev–Trinajstić information content (AvgIpc) is 3.42. The molecule has 2 aliphatic heterocycles. The second-order valence-electron chi connectivity index (χ2n) is 7.84. The van der Waals surface area contributed by atoms with Crippen molar-refractivity contribution in [3.8, 4) is 11.6 Å². The first-order chi connectivity index (χ1) is 13.3. The van der Waals surface area contributed by atoms with Crippen molar-refractivity contribution < 1.29 is 9.53 Å². The van der Waals surface area contributed by atoms with Crippen LogP contribution in [0.4, 0.5) is 5.69 Å². The standard InChI is InChI=1S/C22H25N3O2/c26-22-4-3-11-25(22)18-6-8-21(23-15-18)27-20-7-5-16-12-19(13-17(16)14-20)24-9-1-2-10-24/h5-8,14-15,19H,1-4,9-13H2. The number of fused-ring (bicyclic) bond motifs is 1. The van der Waals surface area contributed by atoms with Crippen LogP contribution in [0.15, 0.2) is 36.5 Å². The van der Waals surface area contributed by atoms with Crippen molar-refractivity contribution in [3.63, 3.8) is 0 Å². The Morgan fingerprint density at radius 2 is 1.81 bits per heavy atom. The first-order valence-corrected chi connectivity index (χ1v) is 10.1. The average molecular weight is 363 g/mol. The van der Waals surface area contributed by atoms with Gasteiger partial charge in [-0.2, -0.15) is 0 Å². The van der Waals surface area contributed by atoms with Crippen LogP contribution < -0.4 is 9.64 Å². The summed E-state index contributed by atoms with van der Waals surface area (Å²) in [4.78, 5) is 20.7. The lowest BCUT2D eigenvalue weighted by Crippen LogP contribution is -2.33. The lowest BCUT2D eigenvalue weighted by Gasteiger charge is -2.22. The highest BCUT2D eigenvalue weighted by Crippen LogP contribution is 2.32. The molecule has 2 fully saturated rings. The van der Waals surface area contributed by atoms with Gasteiger partial charge in [0.1, 0.15) is 5.75 Å². The third-order valence-electron chi connectivity index (χ3n) is 6.07. The van der Waals surface area contributed by atoms with E-state index in [9.17, 15) is 4.79 Å². The Labute approximate surface area is 159 Å². The van der Waals surface area contributed by atoms with E-state index < -0.39 is 0 Å². The van der Waals surface area contributed by atoms with Gasteiger partial charge in [-0.05, 0) is 74.5 Å². The van der Waals surface area contributed by atoms with Crippen molar-refractivity contribution in [2.24, 2.45) is 0 Å². The van der Waals surface area contributed by atoms with E-state index in [2.05, 4.69) is 22.0 Å². The van der Waals surface area contributed by atoms with E-state index in [-0.39, 0.29) is 5.91 Å². The van der Waals surface area contributed by atoms with Gasteiger partial charge < -0.3 is 9.64 Å². The molecule has 1 aliphatic carbocycles. The fraction of sp³-hybridized carbons (Fsp3) is 0.455. The molecule has 5 nitrogen and oxygen atoms in total. The molecule has 140 valence electrons. The zero-order valence-corrected chi connectivity index (χ0v) is 15.6.